The summed E-state index contributed by atoms with van der Waals surface area (Å²) < 4.78 is 1.13. The maximum absolute atomic E-state index is 11.1. The number of hydrogen-bond acceptors (Lipinski definition) is 3. The summed E-state index contributed by atoms with van der Waals surface area (Å²) >= 11 is 5.24. The molecular weight excluding hydrogens is 312 g/mol. The summed E-state index contributed by atoms with van der Waals surface area (Å²) in [5, 5.41) is 3.28. The van der Waals surface area contributed by atoms with Gasteiger partial charge in [0.05, 0.1) is 0 Å². The third kappa shape index (κ3) is 3.11. The lowest BCUT2D eigenvalue weighted by atomic mass is 10.2. The smallest absolute Gasteiger partial charge is 0.248 e. The molecular formula is C13H13BrN2OS. The van der Waals surface area contributed by atoms with Gasteiger partial charge in [-0.1, -0.05) is 6.07 Å². The fraction of sp³-hybridized carbons (Fsp3) is 0.154. The largest absolute Gasteiger partial charge is 0.380 e. The maximum Gasteiger partial charge on any atom is 0.248 e. The number of amides is 1. The van der Waals surface area contributed by atoms with Crippen LogP contribution in [0.5, 0.6) is 0 Å². The van der Waals surface area contributed by atoms with Crippen molar-refractivity contribution in [2.45, 2.75) is 13.5 Å². The topological polar surface area (TPSA) is 55.1 Å². The molecule has 0 atom stereocenters. The van der Waals surface area contributed by atoms with Crippen LogP contribution in [-0.2, 0) is 6.54 Å². The number of nitrogens with one attached hydrogen (secondary N) is 1. The van der Waals surface area contributed by atoms with Crippen molar-refractivity contribution in [3.05, 3.63) is 50.1 Å². The Morgan fingerprint density at radius 2 is 2.22 bits per heavy atom. The highest BCUT2D eigenvalue weighted by molar-refractivity contribution is 9.10. The van der Waals surface area contributed by atoms with Gasteiger partial charge in [0.25, 0.3) is 0 Å². The lowest BCUT2D eigenvalue weighted by Gasteiger charge is -2.05. The van der Waals surface area contributed by atoms with Gasteiger partial charge in [0.15, 0.2) is 0 Å². The Balaban J connectivity index is 2.06. The Morgan fingerprint density at radius 3 is 2.83 bits per heavy atom. The Kier molecular flexibility index (Phi) is 4.04. The van der Waals surface area contributed by atoms with Crippen molar-refractivity contribution in [2.75, 3.05) is 5.32 Å². The number of carbonyl (C=O) groups excluding carboxylic acids is 1. The van der Waals surface area contributed by atoms with Crippen molar-refractivity contribution in [1.82, 2.24) is 0 Å². The van der Waals surface area contributed by atoms with Gasteiger partial charge in [-0.25, -0.2) is 0 Å². The number of anilines is 1. The van der Waals surface area contributed by atoms with Crippen LogP contribution in [0.1, 0.15) is 20.1 Å². The number of carbonyl (C=O) groups is 1. The summed E-state index contributed by atoms with van der Waals surface area (Å²) in [5.41, 5.74) is 6.66. The summed E-state index contributed by atoms with van der Waals surface area (Å²) in [6, 6.07) is 9.31. The van der Waals surface area contributed by atoms with Gasteiger partial charge in [0.2, 0.25) is 5.91 Å². The van der Waals surface area contributed by atoms with E-state index in [1.165, 1.54) is 9.75 Å². The molecule has 3 nitrogen and oxygen atoms in total. The summed E-state index contributed by atoms with van der Waals surface area (Å²) in [6.45, 7) is 2.81. The van der Waals surface area contributed by atoms with Crippen LogP contribution >= 0.6 is 27.3 Å². The normalized spacial score (nSPS) is 10.3. The van der Waals surface area contributed by atoms with Gasteiger partial charge in [-0.05, 0) is 47.1 Å². The van der Waals surface area contributed by atoms with Crippen molar-refractivity contribution in [3.8, 4) is 0 Å². The van der Waals surface area contributed by atoms with E-state index in [0.717, 1.165) is 16.7 Å². The average Bonchev–Trinajstić information content (AvgIpc) is 2.67. The Labute approximate surface area is 118 Å². The number of benzene rings is 1. The number of thiophene rings is 1. The molecule has 5 heteroatoms. The number of halogens is 1. The second-order valence-electron chi connectivity index (χ2n) is 3.92. The number of hydrogen-bond donors (Lipinski definition) is 2. The molecule has 0 fully saturated rings. The van der Waals surface area contributed by atoms with Crippen LogP contribution in [-0.4, -0.2) is 5.91 Å². The monoisotopic (exact) mass is 324 g/mol. The zero-order valence-corrected chi connectivity index (χ0v) is 12.3. The fourth-order valence-corrected chi connectivity index (χ4v) is 3.12. The number of nitrogens with two attached hydrogens (primary N) is 1. The van der Waals surface area contributed by atoms with Crippen LogP contribution in [0.2, 0.25) is 0 Å². The molecule has 0 aliphatic carbocycles. The van der Waals surface area contributed by atoms with Crippen molar-refractivity contribution in [2.24, 2.45) is 5.73 Å². The van der Waals surface area contributed by atoms with Gasteiger partial charge in [-0.3, -0.25) is 4.79 Å². The predicted octanol–water partition coefficient (Wildman–Crippen LogP) is 3.53. The van der Waals surface area contributed by atoms with Crippen LogP contribution in [0.4, 0.5) is 5.69 Å². The predicted molar refractivity (Wildman–Crippen MR) is 79.0 cm³/mol. The van der Waals surface area contributed by atoms with Gasteiger partial charge in [0.1, 0.15) is 0 Å². The minimum Gasteiger partial charge on any atom is -0.380 e. The molecule has 0 radical (unpaired) electrons. The highest BCUT2D eigenvalue weighted by Crippen LogP contribution is 2.26. The number of aryl methyl sites for hydroxylation is 1. The lowest BCUT2D eigenvalue weighted by molar-refractivity contribution is 0.100. The molecule has 1 aromatic heterocycles. The molecule has 2 rings (SSSR count). The van der Waals surface area contributed by atoms with E-state index in [0.29, 0.717) is 5.56 Å². The van der Waals surface area contributed by atoms with E-state index in [2.05, 4.69) is 34.2 Å². The van der Waals surface area contributed by atoms with Gasteiger partial charge >= 0.3 is 0 Å². The Hall–Kier alpha value is -1.33. The van der Waals surface area contributed by atoms with E-state index in [1.807, 2.05) is 12.1 Å². The van der Waals surface area contributed by atoms with E-state index < -0.39 is 5.91 Å². The molecule has 0 saturated carbocycles. The molecule has 2 aromatic rings. The second kappa shape index (κ2) is 5.54. The van der Waals surface area contributed by atoms with Crippen LogP contribution in [0, 0.1) is 6.92 Å². The first-order chi connectivity index (χ1) is 8.56. The highest BCUT2D eigenvalue weighted by atomic mass is 79.9. The van der Waals surface area contributed by atoms with Crippen LogP contribution in [0.25, 0.3) is 0 Å². The zero-order valence-electron chi connectivity index (χ0n) is 9.87. The van der Waals surface area contributed by atoms with Crippen molar-refractivity contribution < 1.29 is 4.79 Å². The summed E-state index contributed by atoms with van der Waals surface area (Å²) in [7, 11) is 0. The van der Waals surface area contributed by atoms with Gasteiger partial charge in [-0.2, -0.15) is 0 Å². The molecule has 1 heterocycles. The summed E-state index contributed by atoms with van der Waals surface area (Å²) in [4.78, 5) is 13.6. The molecule has 1 amide bonds. The fourth-order valence-electron chi connectivity index (χ4n) is 1.58. The summed E-state index contributed by atoms with van der Waals surface area (Å²) in [6.07, 6.45) is 0. The highest BCUT2D eigenvalue weighted by Gasteiger charge is 2.04. The molecule has 0 saturated heterocycles. The molecule has 0 bridgehead atoms. The van der Waals surface area contributed by atoms with Crippen molar-refractivity contribution in [1.29, 1.82) is 0 Å². The van der Waals surface area contributed by atoms with E-state index in [1.54, 1.807) is 23.5 Å². The third-order valence-corrected chi connectivity index (χ3v) is 4.66. The van der Waals surface area contributed by atoms with Crippen molar-refractivity contribution >= 4 is 38.9 Å². The maximum atomic E-state index is 11.1. The SMILES string of the molecule is Cc1sc(CNc2cccc(C(N)=O)c2)cc1Br. The second-order valence-corrected chi connectivity index (χ2v) is 6.11. The number of rotatable bonds is 4. The first kappa shape index (κ1) is 13.1. The average molecular weight is 325 g/mol. The third-order valence-electron chi connectivity index (χ3n) is 2.52. The van der Waals surface area contributed by atoms with E-state index in [4.69, 9.17) is 5.73 Å². The molecule has 0 spiro atoms. The van der Waals surface area contributed by atoms with E-state index in [-0.39, 0.29) is 0 Å². The van der Waals surface area contributed by atoms with E-state index in [9.17, 15) is 4.79 Å². The Bertz CT molecular complexity index is 561. The molecule has 0 aliphatic rings. The van der Waals surface area contributed by atoms with Crippen LogP contribution in [0.3, 0.4) is 0 Å². The quantitative estimate of drug-likeness (QED) is 0.903. The number of primary amides is 1. The molecule has 3 N–H and O–H groups in total. The minimum absolute atomic E-state index is 0.409. The van der Waals surface area contributed by atoms with Gasteiger partial charge in [0, 0.05) is 32.0 Å². The first-order valence-corrected chi connectivity index (χ1v) is 7.06. The Morgan fingerprint density at radius 1 is 1.44 bits per heavy atom. The molecule has 18 heavy (non-hydrogen) atoms. The van der Waals surface area contributed by atoms with E-state index >= 15 is 0 Å². The summed E-state index contributed by atoms with van der Waals surface area (Å²) in [5.74, 6) is -0.409. The van der Waals surface area contributed by atoms with Crippen molar-refractivity contribution in [3.63, 3.8) is 0 Å². The van der Waals surface area contributed by atoms with Crippen LogP contribution < -0.4 is 11.1 Å². The first-order valence-electron chi connectivity index (χ1n) is 5.45. The molecule has 1 aromatic carbocycles. The van der Waals surface area contributed by atoms with Gasteiger partial charge < -0.3 is 11.1 Å². The zero-order chi connectivity index (χ0) is 13.1. The minimum atomic E-state index is -0.409. The molecule has 94 valence electrons. The van der Waals surface area contributed by atoms with Crippen LogP contribution in [0.15, 0.2) is 34.8 Å². The van der Waals surface area contributed by atoms with Gasteiger partial charge in [-0.15, -0.1) is 11.3 Å². The lowest BCUT2D eigenvalue weighted by Crippen LogP contribution is -2.11. The molecule has 0 unspecified atom stereocenters. The molecule has 0 aliphatic heterocycles. The standard InChI is InChI=1S/C13H13BrN2OS/c1-8-12(14)6-11(18-8)7-16-10-4-2-3-9(5-10)13(15)17/h2-6,16H,7H2,1H3,(H2,15,17).